The van der Waals surface area contributed by atoms with Crippen molar-refractivity contribution in [3.63, 3.8) is 0 Å². The minimum absolute atomic E-state index is 0.0705. The van der Waals surface area contributed by atoms with Gasteiger partial charge in [0, 0.05) is 6.61 Å². The number of carboxylic acid groups (broad SMARTS) is 1. The van der Waals surface area contributed by atoms with Crippen LogP contribution in [0.15, 0.2) is 0 Å². The molecule has 1 fully saturated rings. The molecule has 11 heavy (non-hydrogen) atoms. The van der Waals surface area contributed by atoms with Gasteiger partial charge < -0.3 is 15.6 Å². The van der Waals surface area contributed by atoms with E-state index < -0.39 is 12.0 Å². The van der Waals surface area contributed by atoms with Crippen molar-refractivity contribution >= 4 is 5.97 Å². The molecule has 0 saturated carbocycles. The highest BCUT2D eigenvalue weighted by Gasteiger charge is 2.21. The number of nitrogens with two attached hydrogens (primary N) is 1. The highest BCUT2D eigenvalue weighted by molar-refractivity contribution is 5.73. The first-order valence-electron chi connectivity index (χ1n) is 3.80. The lowest BCUT2D eigenvalue weighted by atomic mass is 10.1. The van der Waals surface area contributed by atoms with Crippen LogP contribution in [0, 0.1) is 0 Å². The van der Waals surface area contributed by atoms with Crippen molar-refractivity contribution in [3.05, 3.63) is 0 Å². The Labute approximate surface area is 65.3 Å². The van der Waals surface area contributed by atoms with Crippen molar-refractivity contribution in [1.82, 2.24) is 0 Å². The molecule has 0 amide bonds. The summed E-state index contributed by atoms with van der Waals surface area (Å²) in [5, 5.41) is 8.46. The van der Waals surface area contributed by atoms with Crippen LogP contribution in [0.2, 0.25) is 0 Å². The van der Waals surface area contributed by atoms with Crippen molar-refractivity contribution in [1.29, 1.82) is 0 Å². The maximum Gasteiger partial charge on any atom is 0.320 e. The minimum atomic E-state index is -0.944. The van der Waals surface area contributed by atoms with Gasteiger partial charge in [0.15, 0.2) is 0 Å². The van der Waals surface area contributed by atoms with Crippen LogP contribution in [0.4, 0.5) is 0 Å². The van der Waals surface area contributed by atoms with E-state index in [1.54, 1.807) is 0 Å². The average Bonchev–Trinajstić information content (AvgIpc) is 2.39. The van der Waals surface area contributed by atoms with E-state index in [1.807, 2.05) is 0 Å². The molecule has 0 bridgehead atoms. The predicted octanol–water partition coefficient (Wildman–Crippen LogP) is -0.0326. The van der Waals surface area contributed by atoms with Crippen LogP contribution in [0.3, 0.4) is 0 Å². The zero-order chi connectivity index (χ0) is 8.27. The van der Waals surface area contributed by atoms with E-state index in [0.717, 1.165) is 19.4 Å². The summed E-state index contributed by atoms with van der Waals surface area (Å²) >= 11 is 0. The molecule has 4 heteroatoms. The summed E-state index contributed by atoms with van der Waals surface area (Å²) in [6.07, 6.45) is 2.48. The Hall–Kier alpha value is -0.610. The maximum absolute atomic E-state index is 10.3. The Morgan fingerprint density at radius 2 is 2.55 bits per heavy atom. The summed E-state index contributed by atoms with van der Waals surface area (Å²) < 4.78 is 5.23. The molecule has 0 radical (unpaired) electrons. The number of hydrogen-bond donors (Lipinski definition) is 2. The Kier molecular flexibility index (Phi) is 2.84. The van der Waals surface area contributed by atoms with E-state index in [-0.39, 0.29) is 6.10 Å². The Bertz CT molecular complexity index is 143. The summed E-state index contributed by atoms with van der Waals surface area (Å²) in [5.74, 6) is -0.944. The summed E-state index contributed by atoms with van der Waals surface area (Å²) in [6.45, 7) is 0.747. The molecule has 1 heterocycles. The highest BCUT2D eigenvalue weighted by atomic mass is 16.5. The SMILES string of the molecule is N[C@H](CC1CCCO1)C(=O)O. The van der Waals surface area contributed by atoms with E-state index >= 15 is 0 Å². The molecule has 0 aromatic carbocycles. The van der Waals surface area contributed by atoms with Crippen LogP contribution in [0.5, 0.6) is 0 Å². The Morgan fingerprint density at radius 3 is 3.00 bits per heavy atom. The molecule has 1 aliphatic heterocycles. The van der Waals surface area contributed by atoms with Crippen molar-refractivity contribution in [3.8, 4) is 0 Å². The quantitative estimate of drug-likeness (QED) is 0.606. The lowest BCUT2D eigenvalue weighted by Gasteiger charge is -2.11. The van der Waals surface area contributed by atoms with Gasteiger partial charge in [0.05, 0.1) is 6.10 Å². The molecular weight excluding hydrogens is 146 g/mol. The number of rotatable bonds is 3. The predicted molar refractivity (Wildman–Crippen MR) is 39.2 cm³/mol. The second-order valence-corrected chi connectivity index (χ2v) is 2.82. The Balaban J connectivity index is 2.23. The van der Waals surface area contributed by atoms with Crippen LogP contribution >= 0.6 is 0 Å². The Morgan fingerprint density at radius 1 is 1.82 bits per heavy atom. The molecule has 4 nitrogen and oxygen atoms in total. The molecule has 1 rings (SSSR count). The highest BCUT2D eigenvalue weighted by Crippen LogP contribution is 2.16. The van der Waals surface area contributed by atoms with Crippen LogP contribution < -0.4 is 5.73 Å². The largest absolute Gasteiger partial charge is 0.480 e. The van der Waals surface area contributed by atoms with Crippen molar-refractivity contribution in [2.24, 2.45) is 5.73 Å². The first-order chi connectivity index (χ1) is 5.20. The second-order valence-electron chi connectivity index (χ2n) is 2.82. The van der Waals surface area contributed by atoms with Crippen molar-refractivity contribution in [2.45, 2.75) is 31.4 Å². The summed E-state index contributed by atoms with van der Waals surface area (Å²) in [4.78, 5) is 10.3. The van der Waals surface area contributed by atoms with Crippen LogP contribution in [-0.4, -0.2) is 29.8 Å². The molecule has 0 spiro atoms. The lowest BCUT2D eigenvalue weighted by Crippen LogP contribution is -2.33. The van der Waals surface area contributed by atoms with E-state index in [4.69, 9.17) is 15.6 Å². The zero-order valence-electron chi connectivity index (χ0n) is 6.32. The zero-order valence-corrected chi connectivity index (χ0v) is 6.32. The molecule has 0 aromatic rings. The average molecular weight is 159 g/mol. The third-order valence-corrected chi connectivity index (χ3v) is 1.86. The third kappa shape index (κ3) is 2.48. The monoisotopic (exact) mass is 159 g/mol. The second kappa shape index (κ2) is 3.69. The van der Waals surface area contributed by atoms with Gasteiger partial charge in [-0.1, -0.05) is 0 Å². The van der Waals surface area contributed by atoms with Crippen molar-refractivity contribution < 1.29 is 14.6 Å². The fourth-order valence-electron chi connectivity index (χ4n) is 1.21. The minimum Gasteiger partial charge on any atom is -0.480 e. The number of aliphatic carboxylic acids is 1. The maximum atomic E-state index is 10.3. The summed E-state index contributed by atoms with van der Waals surface area (Å²) in [6, 6.07) is -0.766. The van der Waals surface area contributed by atoms with E-state index in [9.17, 15) is 4.79 Å². The van der Waals surface area contributed by atoms with E-state index in [1.165, 1.54) is 0 Å². The molecule has 2 atom stereocenters. The normalized spacial score (nSPS) is 26.8. The number of carboxylic acids is 1. The lowest BCUT2D eigenvalue weighted by molar-refractivity contribution is -0.139. The van der Waals surface area contributed by atoms with Gasteiger partial charge >= 0.3 is 5.97 Å². The summed E-state index contributed by atoms with van der Waals surface area (Å²) in [7, 11) is 0. The van der Waals surface area contributed by atoms with Gasteiger partial charge in [-0.15, -0.1) is 0 Å². The van der Waals surface area contributed by atoms with Crippen LogP contribution in [0.25, 0.3) is 0 Å². The summed E-state index contributed by atoms with van der Waals surface area (Å²) in [5.41, 5.74) is 5.32. The molecule has 0 aliphatic carbocycles. The van der Waals surface area contributed by atoms with Gasteiger partial charge in [0.2, 0.25) is 0 Å². The van der Waals surface area contributed by atoms with Gasteiger partial charge in [0.1, 0.15) is 6.04 Å². The molecule has 3 N–H and O–H groups in total. The third-order valence-electron chi connectivity index (χ3n) is 1.86. The smallest absolute Gasteiger partial charge is 0.320 e. The molecular formula is C7H13NO3. The molecule has 1 saturated heterocycles. The number of carbonyl (C=O) groups is 1. The van der Waals surface area contributed by atoms with Gasteiger partial charge in [-0.25, -0.2) is 0 Å². The van der Waals surface area contributed by atoms with E-state index in [0.29, 0.717) is 6.42 Å². The van der Waals surface area contributed by atoms with Gasteiger partial charge in [0.25, 0.3) is 0 Å². The topological polar surface area (TPSA) is 72.5 Å². The first-order valence-corrected chi connectivity index (χ1v) is 3.80. The number of ether oxygens (including phenoxy) is 1. The molecule has 1 unspecified atom stereocenters. The van der Waals surface area contributed by atoms with Gasteiger partial charge in [-0.3, -0.25) is 4.79 Å². The number of hydrogen-bond acceptors (Lipinski definition) is 3. The van der Waals surface area contributed by atoms with Crippen LogP contribution in [0.1, 0.15) is 19.3 Å². The molecule has 0 aromatic heterocycles. The van der Waals surface area contributed by atoms with Crippen LogP contribution in [-0.2, 0) is 9.53 Å². The molecule has 64 valence electrons. The molecule has 1 aliphatic rings. The standard InChI is InChI=1S/C7H13NO3/c8-6(7(9)10)4-5-2-1-3-11-5/h5-6H,1-4,8H2,(H,9,10)/t5?,6-/m1/s1. The van der Waals surface area contributed by atoms with Gasteiger partial charge in [-0.2, -0.15) is 0 Å². The van der Waals surface area contributed by atoms with Gasteiger partial charge in [-0.05, 0) is 19.3 Å². The van der Waals surface area contributed by atoms with E-state index in [2.05, 4.69) is 0 Å². The first kappa shape index (κ1) is 8.49. The van der Waals surface area contributed by atoms with Crippen molar-refractivity contribution in [2.75, 3.05) is 6.61 Å². The fourth-order valence-corrected chi connectivity index (χ4v) is 1.21. The fraction of sp³-hybridized carbons (Fsp3) is 0.857.